The van der Waals surface area contributed by atoms with E-state index >= 15 is 0 Å². The van der Waals surface area contributed by atoms with Crippen LogP contribution < -0.4 is 10.5 Å². The summed E-state index contributed by atoms with van der Waals surface area (Å²) in [5, 5.41) is 0. The zero-order valence-corrected chi connectivity index (χ0v) is 12.8. The molecule has 7 heteroatoms. The highest BCUT2D eigenvalue weighted by molar-refractivity contribution is 7.94. The van der Waals surface area contributed by atoms with Crippen molar-refractivity contribution in [3.05, 3.63) is 39.7 Å². The maximum absolute atomic E-state index is 12.2. The van der Waals surface area contributed by atoms with Gasteiger partial charge in [-0.05, 0) is 43.2 Å². The Kier molecular flexibility index (Phi) is 3.75. The van der Waals surface area contributed by atoms with Gasteiger partial charge in [-0.25, -0.2) is 8.42 Å². The third-order valence-electron chi connectivity index (χ3n) is 2.72. The molecule has 0 atom stereocenters. The maximum Gasteiger partial charge on any atom is 0.271 e. The van der Waals surface area contributed by atoms with Crippen LogP contribution in [0.2, 0.25) is 4.34 Å². The van der Waals surface area contributed by atoms with Crippen molar-refractivity contribution in [3.8, 4) is 0 Å². The van der Waals surface area contributed by atoms with Gasteiger partial charge in [0.05, 0.1) is 10.0 Å². The van der Waals surface area contributed by atoms with Crippen molar-refractivity contribution in [2.45, 2.75) is 18.1 Å². The summed E-state index contributed by atoms with van der Waals surface area (Å²) in [6, 6.07) is 6.65. The Morgan fingerprint density at radius 1 is 1.32 bits per heavy atom. The van der Waals surface area contributed by atoms with Gasteiger partial charge in [-0.15, -0.1) is 11.3 Å². The molecule has 0 amide bonds. The molecule has 0 saturated heterocycles. The number of nitrogen functional groups attached to an aromatic ring is 1. The first-order valence-corrected chi connectivity index (χ1v) is 8.13. The van der Waals surface area contributed by atoms with Crippen LogP contribution in [0.4, 0.5) is 11.4 Å². The van der Waals surface area contributed by atoms with Gasteiger partial charge in [-0.2, -0.15) is 0 Å². The average molecular weight is 317 g/mol. The van der Waals surface area contributed by atoms with Crippen LogP contribution in [-0.2, 0) is 10.0 Å². The second-order valence-corrected chi connectivity index (χ2v) is 7.71. The normalized spacial score (nSPS) is 11.5. The number of rotatable bonds is 3. The number of sulfonamides is 1. The predicted octanol–water partition coefficient (Wildman–Crippen LogP) is 3.40. The van der Waals surface area contributed by atoms with Crippen LogP contribution in [0.5, 0.6) is 0 Å². The minimum absolute atomic E-state index is 0.192. The zero-order chi connectivity index (χ0) is 14.2. The summed E-state index contributed by atoms with van der Waals surface area (Å²) in [6.45, 7) is 3.53. The summed E-state index contributed by atoms with van der Waals surface area (Å²) >= 11 is 6.94. The fourth-order valence-electron chi connectivity index (χ4n) is 1.52. The van der Waals surface area contributed by atoms with E-state index in [1.807, 2.05) is 0 Å². The number of thiophene rings is 1. The van der Waals surface area contributed by atoms with Gasteiger partial charge in [-0.3, -0.25) is 4.72 Å². The van der Waals surface area contributed by atoms with E-state index < -0.39 is 10.0 Å². The molecule has 2 aromatic rings. The van der Waals surface area contributed by atoms with Crippen molar-refractivity contribution >= 4 is 44.3 Å². The molecule has 0 aliphatic rings. The fourth-order valence-corrected chi connectivity index (χ4v) is 4.35. The third-order valence-corrected chi connectivity index (χ3v) is 6.11. The molecular formula is C12H13ClN2O2S2. The lowest BCUT2D eigenvalue weighted by atomic mass is 10.2. The van der Waals surface area contributed by atoms with E-state index in [0.717, 1.165) is 16.9 Å². The summed E-state index contributed by atoms with van der Waals surface area (Å²) in [5.74, 6) is 0. The summed E-state index contributed by atoms with van der Waals surface area (Å²) < 4.78 is 27.7. The second-order valence-electron chi connectivity index (χ2n) is 4.15. The molecule has 102 valence electrons. The van der Waals surface area contributed by atoms with Crippen LogP contribution in [0.25, 0.3) is 0 Å². The topological polar surface area (TPSA) is 72.2 Å². The molecule has 0 saturated carbocycles. The molecule has 0 unspecified atom stereocenters. The molecule has 0 radical (unpaired) electrons. The monoisotopic (exact) mass is 316 g/mol. The molecule has 0 aliphatic carbocycles. The smallest absolute Gasteiger partial charge is 0.271 e. The van der Waals surface area contributed by atoms with E-state index in [9.17, 15) is 8.42 Å². The number of halogens is 1. The molecule has 1 aromatic heterocycles. The van der Waals surface area contributed by atoms with Gasteiger partial charge in [-0.1, -0.05) is 17.7 Å². The van der Waals surface area contributed by atoms with Crippen LogP contribution in [0.15, 0.2) is 28.5 Å². The number of nitrogens with one attached hydrogen (secondary N) is 1. The lowest BCUT2D eigenvalue weighted by molar-refractivity contribution is 0.603. The number of hydrogen-bond donors (Lipinski definition) is 2. The number of hydrogen-bond acceptors (Lipinski definition) is 4. The maximum atomic E-state index is 12.2. The van der Waals surface area contributed by atoms with Crippen LogP contribution >= 0.6 is 22.9 Å². The Morgan fingerprint density at radius 3 is 2.58 bits per heavy atom. The van der Waals surface area contributed by atoms with Crippen molar-refractivity contribution in [3.63, 3.8) is 0 Å². The zero-order valence-electron chi connectivity index (χ0n) is 10.4. The Labute approximate surface area is 121 Å². The Hall–Kier alpha value is -1.24. The van der Waals surface area contributed by atoms with Crippen molar-refractivity contribution in [1.29, 1.82) is 0 Å². The molecule has 19 heavy (non-hydrogen) atoms. The van der Waals surface area contributed by atoms with Crippen molar-refractivity contribution in [1.82, 2.24) is 0 Å². The third kappa shape index (κ3) is 2.86. The van der Waals surface area contributed by atoms with E-state index in [1.54, 1.807) is 38.1 Å². The lowest BCUT2D eigenvalue weighted by Gasteiger charge is -2.10. The number of anilines is 2. The molecule has 0 fully saturated rings. The largest absolute Gasteiger partial charge is 0.398 e. The Balaban J connectivity index is 2.39. The molecule has 1 heterocycles. The van der Waals surface area contributed by atoms with Crippen LogP contribution in [0.3, 0.4) is 0 Å². The van der Waals surface area contributed by atoms with E-state index in [0.29, 0.717) is 21.3 Å². The van der Waals surface area contributed by atoms with Crippen molar-refractivity contribution in [2.24, 2.45) is 0 Å². The minimum Gasteiger partial charge on any atom is -0.398 e. The SMILES string of the molecule is Cc1cc(S(=O)(=O)Nc2cccc(N)c2C)sc1Cl. The first-order chi connectivity index (χ1) is 8.81. The van der Waals surface area contributed by atoms with Crippen LogP contribution in [0, 0.1) is 13.8 Å². The van der Waals surface area contributed by atoms with Gasteiger partial charge in [0.1, 0.15) is 4.21 Å². The molecule has 0 spiro atoms. The number of benzene rings is 1. The van der Waals surface area contributed by atoms with Crippen molar-refractivity contribution < 1.29 is 8.42 Å². The molecule has 2 rings (SSSR count). The van der Waals surface area contributed by atoms with Crippen molar-refractivity contribution in [2.75, 3.05) is 10.5 Å². The van der Waals surface area contributed by atoms with Gasteiger partial charge < -0.3 is 5.73 Å². The van der Waals surface area contributed by atoms with E-state index in [4.69, 9.17) is 17.3 Å². The summed E-state index contributed by atoms with van der Waals surface area (Å²) in [6.07, 6.45) is 0. The standard InChI is InChI=1S/C12H13ClN2O2S2/c1-7-6-11(18-12(7)13)19(16,17)15-10-5-3-4-9(14)8(10)2/h3-6,15H,14H2,1-2H3. The minimum atomic E-state index is -3.63. The van der Waals surface area contributed by atoms with Gasteiger partial charge >= 0.3 is 0 Å². The quantitative estimate of drug-likeness (QED) is 0.852. The predicted molar refractivity (Wildman–Crippen MR) is 80.5 cm³/mol. The highest BCUT2D eigenvalue weighted by atomic mass is 35.5. The van der Waals surface area contributed by atoms with E-state index in [2.05, 4.69) is 4.72 Å². The number of nitrogens with two attached hydrogens (primary N) is 1. The fraction of sp³-hybridized carbons (Fsp3) is 0.167. The van der Waals surface area contributed by atoms with Crippen LogP contribution in [0.1, 0.15) is 11.1 Å². The Bertz CT molecular complexity index is 704. The summed E-state index contributed by atoms with van der Waals surface area (Å²) in [5.41, 5.74) is 8.22. The van der Waals surface area contributed by atoms with E-state index in [1.165, 1.54) is 0 Å². The van der Waals surface area contributed by atoms with Gasteiger partial charge in [0.25, 0.3) is 10.0 Å². The highest BCUT2D eigenvalue weighted by Crippen LogP contribution is 2.32. The van der Waals surface area contributed by atoms with Crippen LogP contribution in [-0.4, -0.2) is 8.42 Å². The molecule has 0 bridgehead atoms. The van der Waals surface area contributed by atoms with Gasteiger partial charge in [0.2, 0.25) is 0 Å². The second kappa shape index (κ2) is 5.03. The molecule has 3 N–H and O–H groups in total. The van der Waals surface area contributed by atoms with Gasteiger partial charge in [0, 0.05) is 5.69 Å². The number of aryl methyl sites for hydroxylation is 1. The molecular weight excluding hydrogens is 304 g/mol. The first kappa shape index (κ1) is 14.2. The first-order valence-electron chi connectivity index (χ1n) is 5.45. The molecule has 0 aliphatic heterocycles. The molecule has 4 nitrogen and oxygen atoms in total. The summed E-state index contributed by atoms with van der Waals surface area (Å²) in [4.78, 5) is 0. The highest BCUT2D eigenvalue weighted by Gasteiger charge is 2.19. The average Bonchev–Trinajstić information content (AvgIpc) is 2.66. The summed E-state index contributed by atoms with van der Waals surface area (Å²) in [7, 11) is -3.63. The van der Waals surface area contributed by atoms with Gasteiger partial charge in [0.15, 0.2) is 0 Å². The lowest BCUT2D eigenvalue weighted by Crippen LogP contribution is -2.12. The van der Waals surface area contributed by atoms with E-state index in [-0.39, 0.29) is 4.21 Å². The Morgan fingerprint density at radius 2 is 2.00 bits per heavy atom. The molecule has 1 aromatic carbocycles.